The first kappa shape index (κ1) is 19.0. The zero-order valence-corrected chi connectivity index (χ0v) is 15.9. The van der Waals surface area contributed by atoms with E-state index >= 15 is 0 Å². The number of benzene rings is 1. The highest BCUT2D eigenvalue weighted by Crippen LogP contribution is 2.36. The van der Waals surface area contributed by atoms with Gasteiger partial charge in [-0.15, -0.1) is 0 Å². The molecule has 0 saturated heterocycles. The summed E-state index contributed by atoms with van der Waals surface area (Å²) in [6.45, 7) is 13.2. The Morgan fingerprint density at radius 3 is 2.36 bits per heavy atom. The van der Waals surface area contributed by atoms with Gasteiger partial charge in [0.05, 0.1) is 6.61 Å². The van der Waals surface area contributed by atoms with Gasteiger partial charge in [-0.3, -0.25) is 4.79 Å². The number of hydrogen-bond acceptors (Lipinski definition) is 4. The van der Waals surface area contributed by atoms with Gasteiger partial charge in [-0.25, -0.2) is 0 Å². The molecule has 0 amide bonds. The van der Waals surface area contributed by atoms with E-state index in [9.17, 15) is 4.79 Å². The summed E-state index contributed by atoms with van der Waals surface area (Å²) in [5, 5.41) is 0.683. The Hall–Kier alpha value is -1.04. The Bertz CT molecular complexity index is 523. The van der Waals surface area contributed by atoms with Gasteiger partial charge in [-0.05, 0) is 30.3 Å². The standard InChI is InChI=1S/C16H25ClO4Si/c1-12(18)21-14-8-7-13(17)11-15(14)19-9-10-20-22(5,6)16(2,3)4/h7-8,11H,9-10H2,1-6H3. The van der Waals surface area contributed by atoms with E-state index in [-0.39, 0.29) is 5.04 Å². The second-order valence-corrected chi connectivity index (χ2v) is 11.9. The summed E-state index contributed by atoms with van der Waals surface area (Å²) >= 11 is 5.95. The zero-order valence-electron chi connectivity index (χ0n) is 14.2. The molecule has 22 heavy (non-hydrogen) atoms. The third kappa shape index (κ3) is 5.63. The van der Waals surface area contributed by atoms with Crippen molar-refractivity contribution in [3.63, 3.8) is 0 Å². The van der Waals surface area contributed by atoms with E-state index in [0.29, 0.717) is 29.7 Å². The van der Waals surface area contributed by atoms with E-state index in [1.807, 2.05) is 0 Å². The number of esters is 1. The van der Waals surface area contributed by atoms with Crippen molar-refractivity contribution in [2.75, 3.05) is 13.2 Å². The summed E-state index contributed by atoms with van der Waals surface area (Å²) < 4.78 is 16.8. The Labute approximate surface area is 138 Å². The van der Waals surface area contributed by atoms with Gasteiger partial charge in [0.25, 0.3) is 0 Å². The van der Waals surface area contributed by atoms with Crippen molar-refractivity contribution in [3.05, 3.63) is 23.2 Å². The van der Waals surface area contributed by atoms with Crippen LogP contribution in [0.4, 0.5) is 0 Å². The van der Waals surface area contributed by atoms with Crippen LogP contribution < -0.4 is 9.47 Å². The van der Waals surface area contributed by atoms with Gasteiger partial charge in [0.2, 0.25) is 0 Å². The normalized spacial score (nSPS) is 12.1. The van der Waals surface area contributed by atoms with Crippen molar-refractivity contribution in [2.24, 2.45) is 0 Å². The Morgan fingerprint density at radius 1 is 1.18 bits per heavy atom. The molecule has 0 atom stereocenters. The average Bonchev–Trinajstić information content (AvgIpc) is 2.35. The lowest BCUT2D eigenvalue weighted by Gasteiger charge is -2.36. The Kier molecular flexibility index (Phi) is 6.46. The van der Waals surface area contributed by atoms with Crippen molar-refractivity contribution in [1.29, 1.82) is 0 Å². The molecule has 0 aliphatic heterocycles. The third-order valence-electron chi connectivity index (χ3n) is 3.77. The van der Waals surface area contributed by atoms with Crippen LogP contribution in [-0.4, -0.2) is 27.5 Å². The monoisotopic (exact) mass is 344 g/mol. The number of hydrogen-bond donors (Lipinski definition) is 0. The van der Waals surface area contributed by atoms with Crippen LogP contribution in [0, 0.1) is 0 Å². The van der Waals surface area contributed by atoms with Gasteiger partial charge in [0, 0.05) is 18.0 Å². The molecule has 0 spiro atoms. The molecular weight excluding hydrogens is 320 g/mol. The molecule has 0 aliphatic rings. The van der Waals surface area contributed by atoms with Crippen LogP contribution >= 0.6 is 11.6 Å². The predicted octanol–water partition coefficient (Wildman–Crippen LogP) is 4.67. The molecule has 124 valence electrons. The molecule has 0 fully saturated rings. The topological polar surface area (TPSA) is 44.8 Å². The SMILES string of the molecule is CC(=O)Oc1ccc(Cl)cc1OCCO[Si](C)(C)C(C)(C)C. The molecule has 4 nitrogen and oxygen atoms in total. The number of carbonyl (C=O) groups is 1. The van der Waals surface area contributed by atoms with Gasteiger partial charge in [0.1, 0.15) is 6.61 Å². The predicted molar refractivity (Wildman–Crippen MR) is 91.4 cm³/mol. The van der Waals surface area contributed by atoms with Gasteiger partial charge >= 0.3 is 5.97 Å². The van der Waals surface area contributed by atoms with E-state index in [2.05, 4.69) is 33.9 Å². The lowest BCUT2D eigenvalue weighted by atomic mass is 10.2. The fraction of sp³-hybridized carbons (Fsp3) is 0.562. The minimum atomic E-state index is -1.79. The highest BCUT2D eigenvalue weighted by Gasteiger charge is 2.36. The second kappa shape index (κ2) is 7.48. The van der Waals surface area contributed by atoms with Crippen molar-refractivity contribution >= 4 is 25.9 Å². The molecule has 0 saturated carbocycles. The molecule has 0 radical (unpaired) electrons. The lowest BCUT2D eigenvalue weighted by Crippen LogP contribution is -2.41. The van der Waals surface area contributed by atoms with Crippen molar-refractivity contribution in [3.8, 4) is 11.5 Å². The molecule has 0 aromatic heterocycles. The van der Waals surface area contributed by atoms with Gasteiger partial charge in [0.15, 0.2) is 19.8 Å². The van der Waals surface area contributed by atoms with Gasteiger partial charge in [-0.1, -0.05) is 32.4 Å². The maximum atomic E-state index is 11.1. The number of halogens is 1. The van der Waals surface area contributed by atoms with Crippen LogP contribution in [0.25, 0.3) is 0 Å². The van der Waals surface area contributed by atoms with Gasteiger partial charge in [-0.2, -0.15) is 0 Å². The van der Waals surface area contributed by atoms with E-state index in [1.54, 1.807) is 18.2 Å². The fourth-order valence-electron chi connectivity index (χ4n) is 1.50. The number of carbonyl (C=O) groups excluding carboxylic acids is 1. The maximum absolute atomic E-state index is 11.1. The second-order valence-electron chi connectivity index (χ2n) is 6.64. The molecule has 0 N–H and O–H groups in total. The number of rotatable bonds is 6. The summed E-state index contributed by atoms with van der Waals surface area (Å²) in [6, 6.07) is 4.90. The molecule has 6 heteroatoms. The minimum Gasteiger partial charge on any atom is -0.487 e. The summed E-state index contributed by atoms with van der Waals surface area (Å²) in [7, 11) is -1.79. The van der Waals surface area contributed by atoms with Crippen LogP contribution in [-0.2, 0) is 9.22 Å². The largest absolute Gasteiger partial charge is 0.487 e. The molecule has 0 bridgehead atoms. The molecule has 1 aromatic carbocycles. The van der Waals surface area contributed by atoms with Crippen molar-refractivity contribution < 1.29 is 18.7 Å². The Balaban J connectivity index is 2.61. The highest BCUT2D eigenvalue weighted by atomic mass is 35.5. The summed E-state index contributed by atoms with van der Waals surface area (Å²) in [5.41, 5.74) is 0. The van der Waals surface area contributed by atoms with Crippen LogP contribution in [0.5, 0.6) is 11.5 Å². The highest BCUT2D eigenvalue weighted by molar-refractivity contribution is 6.74. The van der Waals surface area contributed by atoms with Crippen LogP contribution in [0.15, 0.2) is 18.2 Å². The summed E-state index contributed by atoms with van der Waals surface area (Å²) in [4.78, 5) is 11.1. The molecule has 0 aliphatic carbocycles. The molecule has 1 aromatic rings. The van der Waals surface area contributed by atoms with Crippen molar-refractivity contribution in [2.45, 2.75) is 45.8 Å². The first-order valence-electron chi connectivity index (χ1n) is 7.27. The first-order chi connectivity index (χ1) is 10.0. The fourth-order valence-corrected chi connectivity index (χ4v) is 2.69. The maximum Gasteiger partial charge on any atom is 0.308 e. The van der Waals surface area contributed by atoms with E-state index in [4.69, 9.17) is 25.5 Å². The Morgan fingerprint density at radius 2 is 1.82 bits per heavy atom. The van der Waals surface area contributed by atoms with E-state index < -0.39 is 14.3 Å². The molecule has 1 rings (SSSR count). The smallest absolute Gasteiger partial charge is 0.308 e. The summed E-state index contributed by atoms with van der Waals surface area (Å²) in [6.07, 6.45) is 0. The van der Waals surface area contributed by atoms with Crippen LogP contribution in [0.2, 0.25) is 23.2 Å². The lowest BCUT2D eigenvalue weighted by molar-refractivity contribution is -0.132. The molecule has 0 unspecified atom stereocenters. The van der Waals surface area contributed by atoms with Crippen molar-refractivity contribution in [1.82, 2.24) is 0 Å². The number of ether oxygens (including phenoxy) is 2. The average molecular weight is 345 g/mol. The third-order valence-corrected chi connectivity index (χ3v) is 8.54. The molecule has 0 heterocycles. The van der Waals surface area contributed by atoms with Gasteiger partial charge < -0.3 is 13.9 Å². The quantitative estimate of drug-likeness (QED) is 0.325. The minimum absolute atomic E-state index is 0.159. The van der Waals surface area contributed by atoms with Crippen LogP contribution in [0.1, 0.15) is 27.7 Å². The molecular formula is C16H25ClO4Si. The van der Waals surface area contributed by atoms with E-state index in [1.165, 1.54) is 6.92 Å². The van der Waals surface area contributed by atoms with Crippen LogP contribution in [0.3, 0.4) is 0 Å². The van der Waals surface area contributed by atoms with E-state index in [0.717, 1.165) is 0 Å². The zero-order chi connectivity index (χ0) is 17.0. The summed E-state index contributed by atoms with van der Waals surface area (Å²) in [5.74, 6) is 0.412. The first-order valence-corrected chi connectivity index (χ1v) is 10.6.